The van der Waals surface area contributed by atoms with Gasteiger partial charge in [0.05, 0.1) is 0 Å². The van der Waals surface area contributed by atoms with Crippen molar-refractivity contribution in [2.45, 2.75) is 64.8 Å². The third kappa shape index (κ3) is 5.72. The summed E-state index contributed by atoms with van der Waals surface area (Å²) in [6.45, 7) is 6.64. The Balaban J connectivity index is 1.82. The molecule has 0 aliphatic carbocycles. The van der Waals surface area contributed by atoms with Gasteiger partial charge in [0.2, 0.25) is 5.91 Å². The highest BCUT2D eigenvalue weighted by molar-refractivity contribution is 7.87. The molecule has 1 N–H and O–H groups in total. The van der Waals surface area contributed by atoms with Crippen LogP contribution in [-0.4, -0.2) is 55.8 Å². The average molecular weight is 346 g/mol. The number of amides is 1. The molecule has 23 heavy (non-hydrogen) atoms. The van der Waals surface area contributed by atoms with Gasteiger partial charge < -0.3 is 4.90 Å². The van der Waals surface area contributed by atoms with Gasteiger partial charge in [0.1, 0.15) is 0 Å². The van der Waals surface area contributed by atoms with E-state index in [0.717, 1.165) is 25.7 Å². The van der Waals surface area contributed by atoms with Crippen LogP contribution in [0.5, 0.6) is 0 Å². The molecule has 0 atom stereocenters. The molecule has 6 nitrogen and oxygen atoms in total. The fourth-order valence-electron chi connectivity index (χ4n) is 3.29. The summed E-state index contributed by atoms with van der Waals surface area (Å²) in [7, 11) is -3.38. The standard InChI is InChI=1S/C16H31N3O3S/c1-14(2)13-16(20)18-11-7-15(8-12-18)17-23(21,22)19-9-5-3-4-6-10-19/h14-15,17H,3-13H2,1-2H3. The van der Waals surface area contributed by atoms with E-state index in [0.29, 0.717) is 51.4 Å². The van der Waals surface area contributed by atoms with Crippen LogP contribution >= 0.6 is 0 Å². The third-order valence-electron chi connectivity index (χ3n) is 4.65. The molecular weight excluding hydrogens is 314 g/mol. The summed E-state index contributed by atoms with van der Waals surface area (Å²) in [5.41, 5.74) is 0. The van der Waals surface area contributed by atoms with Gasteiger partial charge in [-0.15, -0.1) is 0 Å². The molecule has 0 aromatic rings. The molecule has 0 aromatic carbocycles. The van der Waals surface area contributed by atoms with Gasteiger partial charge >= 0.3 is 0 Å². The van der Waals surface area contributed by atoms with Crippen LogP contribution in [0.15, 0.2) is 0 Å². The summed E-state index contributed by atoms with van der Waals surface area (Å²) >= 11 is 0. The number of likely N-dealkylation sites (tertiary alicyclic amines) is 1. The van der Waals surface area contributed by atoms with Crippen LogP contribution in [0.4, 0.5) is 0 Å². The molecule has 0 saturated carbocycles. The van der Waals surface area contributed by atoms with Gasteiger partial charge in [-0.3, -0.25) is 4.79 Å². The molecule has 2 heterocycles. The van der Waals surface area contributed by atoms with Crippen molar-refractivity contribution in [2.24, 2.45) is 5.92 Å². The number of carbonyl (C=O) groups is 1. The first-order valence-corrected chi connectivity index (χ1v) is 10.4. The number of nitrogens with one attached hydrogen (secondary N) is 1. The van der Waals surface area contributed by atoms with E-state index in [-0.39, 0.29) is 11.9 Å². The highest BCUT2D eigenvalue weighted by Gasteiger charge is 2.29. The molecule has 0 unspecified atom stereocenters. The van der Waals surface area contributed by atoms with E-state index in [9.17, 15) is 13.2 Å². The Bertz CT molecular complexity index is 477. The first-order valence-electron chi connectivity index (χ1n) is 8.93. The molecule has 2 aliphatic rings. The lowest BCUT2D eigenvalue weighted by Crippen LogP contribution is -2.50. The quantitative estimate of drug-likeness (QED) is 0.825. The van der Waals surface area contributed by atoms with Crippen LogP contribution in [-0.2, 0) is 15.0 Å². The van der Waals surface area contributed by atoms with E-state index in [1.165, 1.54) is 0 Å². The topological polar surface area (TPSA) is 69.7 Å². The Morgan fingerprint density at radius 2 is 1.61 bits per heavy atom. The Kier molecular flexibility index (Phi) is 6.85. The normalized spacial score (nSPS) is 22.3. The van der Waals surface area contributed by atoms with E-state index in [4.69, 9.17) is 0 Å². The molecule has 7 heteroatoms. The maximum atomic E-state index is 12.5. The van der Waals surface area contributed by atoms with Crippen LogP contribution < -0.4 is 4.72 Å². The third-order valence-corrected chi connectivity index (χ3v) is 6.33. The second-order valence-electron chi connectivity index (χ2n) is 7.19. The zero-order chi connectivity index (χ0) is 16.9. The number of piperidine rings is 1. The lowest BCUT2D eigenvalue weighted by Gasteiger charge is -2.33. The van der Waals surface area contributed by atoms with Crippen molar-refractivity contribution < 1.29 is 13.2 Å². The lowest BCUT2D eigenvalue weighted by molar-refractivity contribution is -0.133. The van der Waals surface area contributed by atoms with Crippen LogP contribution in [0.3, 0.4) is 0 Å². The maximum Gasteiger partial charge on any atom is 0.279 e. The minimum Gasteiger partial charge on any atom is -0.343 e. The fraction of sp³-hybridized carbons (Fsp3) is 0.938. The number of carbonyl (C=O) groups excluding carboxylic acids is 1. The first kappa shape index (κ1) is 18.7. The zero-order valence-electron chi connectivity index (χ0n) is 14.5. The summed E-state index contributed by atoms with van der Waals surface area (Å²) in [4.78, 5) is 13.9. The molecule has 2 rings (SSSR count). The van der Waals surface area contributed by atoms with Crippen molar-refractivity contribution in [3.05, 3.63) is 0 Å². The highest BCUT2D eigenvalue weighted by Crippen LogP contribution is 2.17. The Morgan fingerprint density at radius 3 is 2.13 bits per heavy atom. The second kappa shape index (κ2) is 8.44. The molecule has 2 aliphatic heterocycles. The molecule has 2 fully saturated rings. The van der Waals surface area contributed by atoms with E-state index < -0.39 is 10.2 Å². The molecule has 0 bridgehead atoms. The number of rotatable bonds is 5. The van der Waals surface area contributed by atoms with Gasteiger partial charge in [0, 0.05) is 38.6 Å². The molecule has 134 valence electrons. The molecular formula is C16H31N3O3S. The fourth-order valence-corrected chi connectivity index (χ4v) is 4.84. The summed E-state index contributed by atoms with van der Waals surface area (Å²) in [5.74, 6) is 0.551. The molecule has 2 saturated heterocycles. The van der Waals surface area contributed by atoms with Crippen LogP contribution in [0.2, 0.25) is 0 Å². The van der Waals surface area contributed by atoms with Crippen molar-refractivity contribution in [1.29, 1.82) is 0 Å². The summed E-state index contributed by atoms with van der Waals surface area (Å²) in [6, 6.07) is -0.0497. The van der Waals surface area contributed by atoms with Crippen LogP contribution in [0, 0.1) is 5.92 Å². The van der Waals surface area contributed by atoms with Gasteiger partial charge in [-0.1, -0.05) is 26.7 Å². The Labute approximate surface area is 140 Å². The van der Waals surface area contributed by atoms with Crippen LogP contribution in [0.25, 0.3) is 0 Å². The van der Waals surface area contributed by atoms with E-state index in [2.05, 4.69) is 4.72 Å². The number of nitrogens with zero attached hydrogens (tertiary/aromatic N) is 2. The summed E-state index contributed by atoms with van der Waals surface area (Å²) in [6.07, 6.45) is 6.11. The van der Waals surface area contributed by atoms with E-state index in [1.54, 1.807) is 4.31 Å². The van der Waals surface area contributed by atoms with Gasteiger partial charge in [0.25, 0.3) is 10.2 Å². The predicted octanol–water partition coefficient (Wildman–Crippen LogP) is 1.73. The minimum absolute atomic E-state index is 0.0497. The van der Waals surface area contributed by atoms with E-state index in [1.807, 2.05) is 18.7 Å². The summed E-state index contributed by atoms with van der Waals surface area (Å²) in [5, 5.41) is 0. The van der Waals surface area contributed by atoms with Gasteiger partial charge in [0.15, 0.2) is 0 Å². The van der Waals surface area contributed by atoms with Crippen LogP contribution in [0.1, 0.15) is 58.8 Å². The molecule has 0 spiro atoms. The number of hydrogen-bond donors (Lipinski definition) is 1. The van der Waals surface area contributed by atoms with Crippen molar-refractivity contribution in [3.8, 4) is 0 Å². The Hall–Kier alpha value is -0.660. The largest absolute Gasteiger partial charge is 0.343 e. The van der Waals surface area contributed by atoms with Gasteiger partial charge in [-0.25, -0.2) is 0 Å². The molecule has 1 amide bonds. The first-order chi connectivity index (χ1) is 10.9. The van der Waals surface area contributed by atoms with Gasteiger partial charge in [-0.2, -0.15) is 17.4 Å². The van der Waals surface area contributed by atoms with Crippen molar-refractivity contribution >= 4 is 16.1 Å². The second-order valence-corrected chi connectivity index (χ2v) is 8.89. The Morgan fingerprint density at radius 1 is 1.04 bits per heavy atom. The SMILES string of the molecule is CC(C)CC(=O)N1CCC(NS(=O)(=O)N2CCCCCC2)CC1. The monoisotopic (exact) mass is 345 g/mol. The highest BCUT2D eigenvalue weighted by atomic mass is 32.2. The minimum atomic E-state index is -3.38. The number of hydrogen-bond acceptors (Lipinski definition) is 3. The summed E-state index contributed by atoms with van der Waals surface area (Å²) < 4.78 is 29.5. The molecule has 0 aromatic heterocycles. The van der Waals surface area contributed by atoms with Crippen molar-refractivity contribution in [2.75, 3.05) is 26.2 Å². The lowest BCUT2D eigenvalue weighted by atomic mass is 10.0. The van der Waals surface area contributed by atoms with Crippen molar-refractivity contribution in [1.82, 2.24) is 13.9 Å². The molecule has 0 radical (unpaired) electrons. The maximum absolute atomic E-state index is 12.5. The smallest absolute Gasteiger partial charge is 0.279 e. The van der Waals surface area contributed by atoms with Crippen molar-refractivity contribution in [3.63, 3.8) is 0 Å². The average Bonchev–Trinajstić information content (AvgIpc) is 2.76. The van der Waals surface area contributed by atoms with E-state index >= 15 is 0 Å². The predicted molar refractivity (Wildman–Crippen MR) is 91.2 cm³/mol. The van der Waals surface area contributed by atoms with Gasteiger partial charge in [-0.05, 0) is 31.6 Å². The zero-order valence-corrected chi connectivity index (χ0v) is 15.3.